The van der Waals surface area contributed by atoms with Crippen molar-refractivity contribution in [3.05, 3.63) is 59.5 Å². The minimum atomic E-state index is -0.133. The number of nitrogens with zero attached hydrogens (tertiary/aromatic N) is 2. The lowest BCUT2D eigenvalue weighted by Crippen LogP contribution is -2.12. The minimum absolute atomic E-state index is 0.133. The van der Waals surface area contributed by atoms with Crippen molar-refractivity contribution < 1.29 is 4.79 Å². The van der Waals surface area contributed by atoms with Gasteiger partial charge in [0.2, 0.25) is 0 Å². The van der Waals surface area contributed by atoms with E-state index in [4.69, 9.17) is 0 Å². The lowest BCUT2D eigenvalue weighted by Gasteiger charge is -2.07. The molecule has 4 nitrogen and oxygen atoms in total. The van der Waals surface area contributed by atoms with Gasteiger partial charge in [0.05, 0.1) is 15.8 Å². The third kappa shape index (κ3) is 3.51. The summed E-state index contributed by atoms with van der Waals surface area (Å²) in [6.45, 7) is 2.07. The Morgan fingerprint density at radius 1 is 1.12 bits per heavy atom. The van der Waals surface area contributed by atoms with Crippen LogP contribution in [0.2, 0.25) is 0 Å². The number of hydrogen-bond acceptors (Lipinski definition) is 6. The summed E-state index contributed by atoms with van der Waals surface area (Å²) in [7, 11) is 0. The van der Waals surface area contributed by atoms with Gasteiger partial charge in [0.15, 0.2) is 5.13 Å². The zero-order chi connectivity index (χ0) is 17.9. The second-order valence-corrected chi connectivity index (χ2v) is 8.60. The number of anilines is 1. The molecule has 7 heteroatoms. The highest BCUT2D eigenvalue weighted by molar-refractivity contribution is 7.99. The third-order valence-electron chi connectivity index (χ3n) is 3.67. The van der Waals surface area contributed by atoms with E-state index in [2.05, 4.69) is 22.2 Å². The standard InChI is InChI=1S/C19H15N3OS3/c1-2-24-15-9-5-3-7-12(15)17(23)22-19-21-14(11-25-19)18-20-13-8-4-6-10-16(13)26-18/h3-11H,2H2,1H3,(H,21,22,23). The highest BCUT2D eigenvalue weighted by atomic mass is 32.2. The molecule has 0 aliphatic rings. The van der Waals surface area contributed by atoms with E-state index in [1.807, 2.05) is 53.9 Å². The maximum Gasteiger partial charge on any atom is 0.258 e. The van der Waals surface area contributed by atoms with E-state index in [9.17, 15) is 4.79 Å². The van der Waals surface area contributed by atoms with Crippen molar-refractivity contribution in [3.63, 3.8) is 0 Å². The number of hydrogen-bond donors (Lipinski definition) is 1. The molecule has 130 valence electrons. The lowest BCUT2D eigenvalue weighted by molar-refractivity contribution is 0.102. The maximum absolute atomic E-state index is 12.6. The quantitative estimate of drug-likeness (QED) is 0.433. The van der Waals surface area contributed by atoms with Gasteiger partial charge in [-0.1, -0.05) is 31.2 Å². The topological polar surface area (TPSA) is 54.9 Å². The fourth-order valence-electron chi connectivity index (χ4n) is 2.51. The Balaban J connectivity index is 1.56. The normalized spacial score (nSPS) is 11.0. The number of fused-ring (bicyclic) bond motifs is 1. The SMILES string of the molecule is CCSc1ccccc1C(=O)Nc1nc(-c2nc3ccccc3s2)cs1. The maximum atomic E-state index is 12.6. The van der Waals surface area contributed by atoms with Gasteiger partial charge in [-0.05, 0) is 30.0 Å². The first-order chi connectivity index (χ1) is 12.7. The highest BCUT2D eigenvalue weighted by Gasteiger charge is 2.15. The molecule has 0 saturated carbocycles. The molecule has 1 amide bonds. The van der Waals surface area contributed by atoms with Crippen molar-refractivity contribution in [2.75, 3.05) is 11.1 Å². The van der Waals surface area contributed by atoms with Crippen LogP contribution in [-0.4, -0.2) is 21.6 Å². The van der Waals surface area contributed by atoms with E-state index >= 15 is 0 Å². The van der Waals surface area contributed by atoms with Crippen LogP contribution in [-0.2, 0) is 0 Å². The first-order valence-electron chi connectivity index (χ1n) is 8.09. The van der Waals surface area contributed by atoms with Gasteiger partial charge in [-0.2, -0.15) is 0 Å². The van der Waals surface area contributed by atoms with Crippen LogP contribution in [0, 0.1) is 0 Å². The van der Waals surface area contributed by atoms with Gasteiger partial charge >= 0.3 is 0 Å². The molecular weight excluding hydrogens is 382 g/mol. The van der Waals surface area contributed by atoms with Crippen LogP contribution in [0.4, 0.5) is 5.13 Å². The molecule has 2 aromatic heterocycles. The number of carbonyl (C=O) groups is 1. The van der Waals surface area contributed by atoms with Crippen molar-refractivity contribution in [1.29, 1.82) is 0 Å². The van der Waals surface area contributed by atoms with Crippen LogP contribution in [0.25, 0.3) is 20.9 Å². The molecule has 2 aromatic carbocycles. The van der Waals surface area contributed by atoms with Crippen molar-refractivity contribution in [2.45, 2.75) is 11.8 Å². The molecule has 0 unspecified atom stereocenters. The molecule has 2 heterocycles. The summed E-state index contributed by atoms with van der Waals surface area (Å²) in [6, 6.07) is 15.7. The van der Waals surface area contributed by atoms with Crippen LogP contribution < -0.4 is 5.32 Å². The summed E-state index contributed by atoms with van der Waals surface area (Å²) in [5.41, 5.74) is 2.44. The Labute approximate surface area is 163 Å². The first kappa shape index (κ1) is 17.2. The molecule has 0 fully saturated rings. The van der Waals surface area contributed by atoms with Gasteiger partial charge in [-0.15, -0.1) is 34.4 Å². The Morgan fingerprint density at radius 3 is 2.77 bits per heavy atom. The Kier molecular flexibility index (Phi) is 5.01. The van der Waals surface area contributed by atoms with Crippen LogP contribution in [0.15, 0.2) is 58.8 Å². The predicted octanol–water partition coefficient (Wildman–Crippen LogP) is 5.78. The molecule has 0 bridgehead atoms. The van der Waals surface area contributed by atoms with E-state index in [0.717, 1.165) is 31.6 Å². The van der Waals surface area contributed by atoms with Gasteiger partial charge in [0.1, 0.15) is 10.7 Å². The van der Waals surface area contributed by atoms with E-state index in [-0.39, 0.29) is 5.91 Å². The number of para-hydroxylation sites is 1. The Hall–Kier alpha value is -2.22. The number of thioether (sulfide) groups is 1. The minimum Gasteiger partial charge on any atom is -0.298 e. The number of amides is 1. The molecule has 0 aliphatic heterocycles. The molecule has 4 aromatic rings. The molecule has 1 N–H and O–H groups in total. The molecule has 0 spiro atoms. The number of nitrogens with one attached hydrogen (secondary N) is 1. The summed E-state index contributed by atoms with van der Waals surface area (Å²) in [5, 5.41) is 6.29. The number of benzene rings is 2. The van der Waals surface area contributed by atoms with Crippen LogP contribution in [0.3, 0.4) is 0 Å². The van der Waals surface area contributed by atoms with Crippen molar-refractivity contribution >= 4 is 55.7 Å². The fourth-order valence-corrected chi connectivity index (χ4v) is 5.00. The first-order valence-corrected chi connectivity index (χ1v) is 10.8. The summed E-state index contributed by atoms with van der Waals surface area (Å²) >= 11 is 4.68. The number of carbonyl (C=O) groups excluding carboxylic acids is 1. The zero-order valence-electron chi connectivity index (χ0n) is 13.9. The predicted molar refractivity (Wildman–Crippen MR) is 112 cm³/mol. The molecular formula is C19H15N3OS3. The van der Waals surface area contributed by atoms with Gasteiger partial charge in [-0.25, -0.2) is 9.97 Å². The van der Waals surface area contributed by atoms with E-state index < -0.39 is 0 Å². The molecule has 0 atom stereocenters. The van der Waals surface area contributed by atoms with Crippen LogP contribution >= 0.6 is 34.4 Å². The largest absolute Gasteiger partial charge is 0.298 e. The molecule has 26 heavy (non-hydrogen) atoms. The summed E-state index contributed by atoms with van der Waals surface area (Å²) < 4.78 is 1.13. The van der Waals surface area contributed by atoms with Gasteiger partial charge in [0, 0.05) is 10.3 Å². The monoisotopic (exact) mass is 397 g/mol. The van der Waals surface area contributed by atoms with Gasteiger partial charge < -0.3 is 0 Å². The van der Waals surface area contributed by atoms with Crippen LogP contribution in [0.5, 0.6) is 0 Å². The number of thiazole rings is 2. The van der Waals surface area contributed by atoms with E-state index in [1.165, 1.54) is 11.3 Å². The smallest absolute Gasteiger partial charge is 0.258 e. The molecule has 0 saturated heterocycles. The number of aromatic nitrogens is 2. The van der Waals surface area contributed by atoms with Crippen molar-refractivity contribution in [2.24, 2.45) is 0 Å². The van der Waals surface area contributed by atoms with Gasteiger partial charge in [0.25, 0.3) is 5.91 Å². The average Bonchev–Trinajstić information content (AvgIpc) is 3.28. The number of rotatable bonds is 5. The third-order valence-corrected chi connectivity index (χ3v) is 6.44. The van der Waals surface area contributed by atoms with Crippen LogP contribution in [0.1, 0.15) is 17.3 Å². The zero-order valence-corrected chi connectivity index (χ0v) is 16.4. The Bertz CT molecular complexity index is 1040. The molecule has 0 aliphatic carbocycles. The highest BCUT2D eigenvalue weighted by Crippen LogP contribution is 2.32. The van der Waals surface area contributed by atoms with E-state index in [0.29, 0.717) is 10.7 Å². The Morgan fingerprint density at radius 2 is 1.92 bits per heavy atom. The average molecular weight is 398 g/mol. The molecule has 0 radical (unpaired) electrons. The van der Waals surface area contributed by atoms with E-state index in [1.54, 1.807) is 23.1 Å². The van der Waals surface area contributed by atoms with Gasteiger partial charge in [-0.3, -0.25) is 10.1 Å². The lowest BCUT2D eigenvalue weighted by atomic mass is 10.2. The second kappa shape index (κ2) is 7.57. The molecule has 4 rings (SSSR count). The summed E-state index contributed by atoms with van der Waals surface area (Å²) in [6.07, 6.45) is 0. The second-order valence-electron chi connectivity index (χ2n) is 5.41. The van der Waals surface area contributed by atoms with Crippen molar-refractivity contribution in [1.82, 2.24) is 9.97 Å². The summed E-state index contributed by atoms with van der Waals surface area (Å²) in [4.78, 5) is 22.8. The van der Waals surface area contributed by atoms with Crippen molar-refractivity contribution in [3.8, 4) is 10.7 Å². The fraction of sp³-hybridized carbons (Fsp3) is 0.105. The summed E-state index contributed by atoms with van der Waals surface area (Å²) in [5.74, 6) is 0.787.